The van der Waals surface area contributed by atoms with Gasteiger partial charge >= 0.3 is 0 Å². The summed E-state index contributed by atoms with van der Waals surface area (Å²) >= 11 is 7.34. The van der Waals surface area contributed by atoms with Crippen molar-refractivity contribution in [3.05, 3.63) is 65.2 Å². The number of hydrogen-bond acceptors (Lipinski definition) is 6. The summed E-state index contributed by atoms with van der Waals surface area (Å²) in [5.74, 6) is -0.266. The Morgan fingerprint density at radius 3 is 2.63 bits per heavy atom. The van der Waals surface area contributed by atoms with Crippen molar-refractivity contribution in [1.82, 2.24) is 15.1 Å². The molecule has 184 valence electrons. The number of nitrogens with zero attached hydrogens (tertiary/aromatic N) is 3. The van der Waals surface area contributed by atoms with Crippen LogP contribution in [-0.2, 0) is 20.9 Å². The first kappa shape index (κ1) is 25.3. The van der Waals surface area contributed by atoms with Crippen LogP contribution in [0.25, 0.3) is 10.6 Å². The molecule has 0 atom stereocenters. The molecule has 7 nitrogen and oxygen atoms in total. The Bertz CT molecular complexity index is 1120. The highest BCUT2D eigenvalue weighted by Gasteiger charge is 2.26. The molecular formula is C26H29ClN4O3S. The number of carbonyl (C=O) groups is 2. The summed E-state index contributed by atoms with van der Waals surface area (Å²) in [6.07, 6.45) is 5.50. The van der Waals surface area contributed by atoms with Crippen LogP contribution in [0.3, 0.4) is 0 Å². The van der Waals surface area contributed by atoms with Gasteiger partial charge in [0.05, 0.1) is 6.61 Å². The number of amides is 2. The van der Waals surface area contributed by atoms with Crippen LogP contribution in [0.1, 0.15) is 44.1 Å². The van der Waals surface area contributed by atoms with E-state index in [1.54, 1.807) is 12.1 Å². The molecule has 0 radical (unpaired) electrons. The second kappa shape index (κ2) is 12.8. The van der Waals surface area contributed by atoms with Crippen molar-refractivity contribution >= 4 is 39.9 Å². The lowest BCUT2D eigenvalue weighted by Crippen LogP contribution is -2.44. The zero-order valence-corrected chi connectivity index (χ0v) is 21.1. The van der Waals surface area contributed by atoms with Crippen LogP contribution < -0.4 is 5.32 Å². The molecule has 1 N–H and O–H groups in total. The van der Waals surface area contributed by atoms with Gasteiger partial charge < -0.3 is 15.0 Å². The first-order valence-electron chi connectivity index (χ1n) is 11.9. The highest BCUT2D eigenvalue weighted by molar-refractivity contribution is 7.18. The van der Waals surface area contributed by atoms with E-state index in [0.29, 0.717) is 28.3 Å². The summed E-state index contributed by atoms with van der Waals surface area (Å²) in [4.78, 5) is 27.5. The Morgan fingerprint density at radius 1 is 1.06 bits per heavy atom. The van der Waals surface area contributed by atoms with Gasteiger partial charge in [0.1, 0.15) is 11.6 Å². The van der Waals surface area contributed by atoms with Gasteiger partial charge in [-0.3, -0.25) is 9.59 Å². The highest BCUT2D eigenvalue weighted by atomic mass is 35.5. The molecule has 0 saturated heterocycles. The van der Waals surface area contributed by atoms with Crippen LogP contribution >= 0.6 is 22.9 Å². The van der Waals surface area contributed by atoms with Gasteiger partial charge in [-0.15, -0.1) is 10.2 Å². The van der Waals surface area contributed by atoms with Gasteiger partial charge in [-0.1, -0.05) is 84.7 Å². The minimum Gasteiger partial charge on any atom is -0.367 e. The third-order valence-electron chi connectivity index (χ3n) is 6.00. The smallest absolute Gasteiger partial charge is 0.248 e. The molecule has 2 amide bonds. The predicted molar refractivity (Wildman–Crippen MR) is 138 cm³/mol. The minimum absolute atomic E-state index is 0.00636. The van der Waals surface area contributed by atoms with E-state index < -0.39 is 0 Å². The maximum atomic E-state index is 13.0. The van der Waals surface area contributed by atoms with Crippen molar-refractivity contribution in [2.24, 2.45) is 0 Å². The Balaban J connectivity index is 1.31. The van der Waals surface area contributed by atoms with Gasteiger partial charge in [-0.05, 0) is 30.5 Å². The van der Waals surface area contributed by atoms with E-state index in [0.717, 1.165) is 36.8 Å². The van der Waals surface area contributed by atoms with Crippen molar-refractivity contribution in [3.63, 3.8) is 0 Å². The van der Waals surface area contributed by atoms with E-state index in [4.69, 9.17) is 16.3 Å². The van der Waals surface area contributed by atoms with Gasteiger partial charge in [0, 0.05) is 29.6 Å². The summed E-state index contributed by atoms with van der Waals surface area (Å²) in [7, 11) is 0. The number of anilines is 1. The molecule has 0 unspecified atom stereocenters. The van der Waals surface area contributed by atoms with Gasteiger partial charge in [0.25, 0.3) is 0 Å². The third-order valence-corrected chi connectivity index (χ3v) is 7.12. The second-order valence-corrected chi connectivity index (χ2v) is 9.99. The third kappa shape index (κ3) is 7.59. The van der Waals surface area contributed by atoms with Crippen molar-refractivity contribution in [2.45, 2.75) is 51.2 Å². The molecule has 1 fully saturated rings. The Labute approximate surface area is 214 Å². The van der Waals surface area contributed by atoms with E-state index >= 15 is 0 Å². The normalized spacial score (nSPS) is 14.0. The van der Waals surface area contributed by atoms with Gasteiger partial charge in [-0.2, -0.15) is 0 Å². The zero-order chi connectivity index (χ0) is 24.5. The van der Waals surface area contributed by atoms with Crippen molar-refractivity contribution in [3.8, 4) is 10.6 Å². The fourth-order valence-electron chi connectivity index (χ4n) is 4.23. The fourth-order valence-corrected chi connectivity index (χ4v) is 5.18. The first-order valence-corrected chi connectivity index (χ1v) is 13.1. The van der Waals surface area contributed by atoms with Crippen LogP contribution in [0, 0.1) is 0 Å². The molecule has 9 heteroatoms. The predicted octanol–water partition coefficient (Wildman–Crippen LogP) is 5.57. The van der Waals surface area contributed by atoms with E-state index in [9.17, 15) is 9.59 Å². The highest BCUT2D eigenvalue weighted by Crippen LogP contribution is 2.28. The average Bonchev–Trinajstić information content (AvgIpc) is 3.34. The maximum absolute atomic E-state index is 13.0. The molecule has 1 aliphatic rings. The topological polar surface area (TPSA) is 84.4 Å². The number of halogens is 1. The molecule has 0 spiro atoms. The molecule has 1 aromatic heterocycles. The molecule has 2 aromatic carbocycles. The van der Waals surface area contributed by atoms with Crippen LogP contribution in [0.2, 0.25) is 5.02 Å². The number of rotatable bonds is 10. The van der Waals surface area contributed by atoms with Crippen molar-refractivity contribution in [1.29, 1.82) is 0 Å². The lowest BCUT2D eigenvalue weighted by molar-refractivity contribution is -0.140. The van der Waals surface area contributed by atoms with E-state index in [1.807, 2.05) is 47.4 Å². The molecule has 0 aliphatic heterocycles. The van der Waals surface area contributed by atoms with Crippen LogP contribution in [0.5, 0.6) is 0 Å². The summed E-state index contributed by atoms with van der Waals surface area (Å²) in [6, 6.07) is 17.3. The molecule has 1 saturated carbocycles. The Hall–Kier alpha value is -2.81. The van der Waals surface area contributed by atoms with Gasteiger partial charge in [0.2, 0.25) is 16.9 Å². The molecule has 35 heavy (non-hydrogen) atoms. The number of hydrogen-bond donors (Lipinski definition) is 1. The largest absolute Gasteiger partial charge is 0.367 e. The number of ether oxygens (including phenoxy) is 1. The van der Waals surface area contributed by atoms with Crippen LogP contribution in [0.15, 0.2) is 54.6 Å². The Morgan fingerprint density at radius 2 is 1.86 bits per heavy atom. The minimum atomic E-state index is -0.197. The number of carbonyl (C=O) groups excluding carboxylic acids is 2. The van der Waals surface area contributed by atoms with Gasteiger partial charge in [-0.25, -0.2) is 0 Å². The molecule has 3 aromatic rings. The van der Waals surface area contributed by atoms with Crippen LogP contribution in [-0.4, -0.2) is 46.1 Å². The SMILES string of the molecule is O=C(CCN(C(=O)COCc1ccccc1)C1CCCCC1)Nc1nnc(-c2cccc(Cl)c2)s1. The van der Waals surface area contributed by atoms with Crippen molar-refractivity contribution in [2.75, 3.05) is 18.5 Å². The molecule has 1 heterocycles. The first-order chi connectivity index (χ1) is 17.1. The quantitative estimate of drug-likeness (QED) is 0.384. The standard InChI is InChI=1S/C26H29ClN4O3S/c27-21-11-7-10-20(16-21)25-29-30-26(35-25)28-23(32)14-15-31(22-12-5-2-6-13-22)24(33)18-34-17-19-8-3-1-4-9-19/h1,3-4,7-11,16,22H,2,5-6,12-15,17-18H2,(H,28,30,32). The zero-order valence-electron chi connectivity index (χ0n) is 19.5. The lowest BCUT2D eigenvalue weighted by Gasteiger charge is -2.34. The maximum Gasteiger partial charge on any atom is 0.248 e. The Kier molecular flexibility index (Phi) is 9.22. The van der Waals surface area contributed by atoms with E-state index in [1.165, 1.54) is 17.8 Å². The average molecular weight is 513 g/mol. The number of nitrogens with one attached hydrogen (secondary N) is 1. The molecule has 0 bridgehead atoms. The van der Waals surface area contributed by atoms with Crippen LogP contribution in [0.4, 0.5) is 5.13 Å². The summed E-state index contributed by atoms with van der Waals surface area (Å²) in [5, 5.41) is 12.8. The van der Waals surface area contributed by atoms with Gasteiger partial charge in [0.15, 0.2) is 0 Å². The monoisotopic (exact) mass is 512 g/mol. The lowest BCUT2D eigenvalue weighted by atomic mass is 9.94. The van der Waals surface area contributed by atoms with E-state index in [-0.39, 0.29) is 30.9 Å². The van der Waals surface area contributed by atoms with Crippen molar-refractivity contribution < 1.29 is 14.3 Å². The summed E-state index contributed by atoms with van der Waals surface area (Å²) < 4.78 is 5.69. The molecule has 4 rings (SSSR count). The second-order valence-electron chi connectivity index (χ2n) is 8.58. The number of aromatic nitrogens is 2. The summed E-state index contributed by atoms with van der Waals surface area (Å²) in [6.45, 7) is 0.744. The number of benzene rings is 2. The molecular weight excluding hydrogens is 484 g/mol. The van der Waals surface area contributed by atoms with E-state index in [2.05, 4.69) is 15.5 Å². The fraction of sp³-hybridized carbons (Fsp3) is 0.385. The summed E-state index contributed by atoms with van der Waals surface area (Å²) in [5.41, 5.74) is 1.87. The molecule has 1 aliphatic carbocycles.